The van der Waals surface area contributed by atoms with Crippen molar-refractivity contribution in [2.75, 3.05) is 12.3 Å². The van der Waals surface area contributed by atoms with E-state index in [1.54, 1.807) is 13.1 Å². The zero-order valence-electron chi connectivity index (χ0n) is 14.8. The topological polar surface area (TPSA) is 107 Å². The molecular weight excluding hydrogens is 366 g/mol. The summed E-state index contributed by atoms with van der Waals surface area (Å²) in [6, 6.07) is 9.42. The summed E-state index contributed by atoms with van der Waals surface area (Å²) in [5.74, 6) is -1.14. The highest BCUT2D eigenvalue weighted by atomic mass is 32.1. The van der Waals surface area contributed by atoms with Crippen molar-refractivity contribution in [3.05, 3.63) is 52.0 Å². The molecule has 3 aromatic rings. The molecule has 2 N–H and O–H groups in total. The highest BCUT2D eigenvalue weighted by Gasteiger charge is 2.24. The van der Waals surface area contributed by atoms with Gasteiger partial charge in [-0.25, -0.2) is 9.59 Å². The van der Waals surface area contributed by atoms with Gasteiger partial charge in [-0.05, 0) is 13.0 Å². The Morgan fingerprint density at radius 2 is 2.00 bits per heavy atom. The Labute approximate surface area is 159 Å². The molecule has 0 spiro atoms. The van der Waals surface area contributed by atoms with Gasteiger partial charge in [0.1, 0.15) is 22.6 Å². The number of fused-ring (bicyclic) bond motifs is 1. The highest BCUT2D eigenvalue weighted by Crippen LogP contribution is 2.32. The molecule has 0 aliphatic heterocycles. The number of benzene rings is 1. The molecule has 0 unspecified atom stereocenters. The van der Waals surface area contributed by atoms with E-state index in [0.717, 1.165) is 22.2 Å². The van der Waals surface area contributed by atoms with Gasteiger partial charge < -0.3 is 19.8 Å². The van der Waals surface area contributed by atoms with Crippen molar-refractivity contribution >= 4 is 39.2 Å². The largest absolute Gasteiger partial charge is 0.462 e. The van der Waals surface area contributed by atoms with Crippen LogP contribution < -0.4 is 5.73 Å². The first-order valence-corrected chi connectivity index (χ1v) is 8.99. The molecule has 2 aromatic heterocycles. The summed E-state index contributed by atoms with van der Waals surface area (Å²) in [5.41, 5.74) is 7.54. The molecule has 8 heteroatoms. The van der Waals surface area contributed by atoms with E-state index in [1.807, 2.05) is 41.9 Å². The zero-order valence-corrected chi connectivity index (χ0v) is 15.6. The minimum atomic E-state index is -0.591. The van der Waals surface area contributed by atoms with Crippen LogP contribution in [-0.2, 0) is 23.1 Å². The van der Waals surface area contributed by atoms with Crippen LogP contribution in [0.25, 0.3) is 10.9 Å². The summed E-state index contributed by atoms with van der Waals surface area (Å²) in [6.45, 7) is 1.63. The number of nitrogen functional groups attached to an aromatic ring is 1. The van der Waals surface area contributed by atoms with Gasteiger partial charge in [-0.1, -0.05) is 18.2 Å². The first-order chi connectivity index (χ1) is 13.0. The molecule has 7 nitrogen and oxygen atoms in total. The predicted molar refractivity (Wildman–Crippen MR) is 101 cm³/mol. The monoisotopic (exact) mass is 383 g/mol. The number of ether oxygens (including phenoxy) is 2. The van der Waals surface area contributed by atoms with E-state index in [0.29, 0.717) is 5.56 Å². The second-order valence-electron chi connectivity index (χ2n) is 5.73. The fourth-order valence-corrected chi connectivity index (χ4v) is 3.74. The first kappa shape index (κ1) is 18.5. The fraction of sp³-hybridized carbons (Fsp3) is 0.211. The van der Waals surface area contributed by atoms with Crippen LogP contribution in [0.15, 0.2) is 30.5 Å². The molecule has 0 radical (unpaired) electrons. The minimum absolute atomic E-state index is 0.133. The third-order valence-corrected chi connectivity index (χ3v) is 5.11. The third kappa shape index (κ3) is 3.37. The van der Waals surface area contributed by atoms with Gasteiger partial charge in [0, 0.05) is 29.7 Å². The van der Waals surface area contributed by atoms with Crippen molar-refractivity contribution < 1.29 is 19.1 Å². The molecule has 1 aromatic carbocycles. The van der Waals surface area contributed by atoms with Crippen LogP contribution in [0.3, 0.4) is 0 Å². The number of aromatic nitrogens is 1. The number of nitrogens with two attached hydrogens (primary N) is 1. The molecule has 138 valence electrons. The third-order valence-electron chi connectivity index (χ3n) is 4.07. The minimum Gasteiger partial charge on any atom is -0.462 e. The van der Waals surface area contributed by atoms with Crippen LogP contribution >= 0.6 is 11.3 Å². The molecule has 3 rings (SSSR count). The maximum absolute atomic E-state index is 12.6. The molecule has 0 aliphatic carbocycles. The molecule has 0 saturated carbocycles. The number of carbonyl (C=O) groups is 2. The van der Waals surface area contributed by atoms with Crippen LogP contribution in [0.2, 0.25) is 0 Å². The lowest BCUT2D eigenvalue weighted by Gasteiger charge is -2.06. The maximum Gasteiger partial charge on any atom is 0.348 e. The van der Waals surface area contributed by atoms with Crippen molar-refractivity contribution in [3.63, 3.8) is 0 Å². The quantitative estimate of drug-likeness (QED) is 0.678. The lowest BCUT2D eigenvalue weighted by molar-refractivity contribution is 0.0454. The molecule has 2 heterocycles. The molecule has 0 fully saturated rings. The number of rotatable bonds is 5. The van der Waals surface area contributed by atoms with E-state index >= 15 is 0 Å². The molecular formula is C19H17N3O4S. The SMILES string of the molecule is CCOC(=O)c1sc(N)c(C#N)c1COC(=O)c1cn(C)c2ccccc12. The first-order valence-electron chi connectivity index (χ1n) is 8.17. The molecule has 0 bridgehead atoms. The summed E-state index contributed by atoms with van der Waals surface area (Å²) < 4.78 is 12.2. The van der Waals surface area contributed by atoms with E-state index in [2.05, 4.69) is 0 Å². The number of aryl methyl sites for hydroxylation is 1. The fourth-order valence-electron chi connectivity index (χ4n) is 2.83. The van der Waals surface area contributed by atoms with Gasteiger partial charge in [0.05, 0.1) is 17.7 Å². The normalized spacial score (nSPS) is 10.6. The summed E-state index contributed by atoms with van der Waals surface area (Å²) in [4.78, 5) is 24.9. The van der Waals surface area contributed by atoms with Crippen molar-refractivity contribution in [2.45, 2.75) is 13.5 Å². The van der Waals surface area contributed by atoms with Gasteiger partial charge in [-0.3, -0.25) is 0 Å². The van der Waals surface area contributed by atoms with Crippen molar-refractivity contribution in [1.82, 2.24) is 4.57 Å². The second kappa shape index (κ2) is 7.51. The molecule has 27 heavy (non-hydrogen) atoms. The number of thiophene rings is 1. The summed E-state index contributed by atoms with van der Waals surface area (Å²) in [5, 5.41) is 10.3. The maximum atomic E-state index is 12.6. The van der Waals surface area contributed by atoms with Gasteiger partial charge in [0.25, 0.3) is 0 Å². The Bertz CT molecular complexity index is 1070. The summed E-state index contributed by atoms with van der Waals surface area (Å²) >= 11 is 0.953. The lowest BCUT2D eigenvalue weighted by atomic mass is 10.1. The Kier molecular flexibility index (Phi) is 5.14. The number of hydrogen-bond acceptors (Lipinski definition) is 7. The number of nitriles is 1. The Morgan fingerprint density at radius 1 is 1.26 bits per heavy atom. The van der Waals surface area contributed by atoms with Crippen LogP contribution in [0.4, 0.5) is 5.00 Å². The molecule has 0 saturated heterocycles. The average molecular weight is 383 g/mol. The van der Waals surface area contributed by atoms with E-state index in [-0.39, 0.29) is 34.2 Å². The number of nitrogens with zero attached hydrogens (tertiary/aromatic N) is 2. The van der Waals surface area contributed by atoms with Crippen LogP contribution in [0.1, 0.15) is 38.1 Å². The predicted octanol–water partition coefficient (Wildman–Crippen LogP) is 3.23. The van der Waals surface area contributed by atoms with Crippen molar-refractivity contribution in [1.29, 1.82) is 5.26 Å². The zero-order chi connectivity index (χ0) is 19.6. The standard InChI is InChI=1S/C19H17N3O4S/c1-3-25-19(24)16-14(12(8-20)17(21)27-16)10-26-18(23)13-9-22(2)15-7-5-4-6-11(13)15/h4-7,9H,3,10,21H2,1-2H3. The highest BCUT2D eigenvalue weighted by molar-refractivity contribution is 7.18. The van der Waals surface area contributed by atoms with Gasteiger partial charge in [-0.2, -0.15) is 5.26 Å². The van der Waals surface area contributed by atoms with E-state index in [1.165, 1.54) is 0 Å². The Hall–Kier alpha value is -3.31. The average Bonchev–Trinajstić information content (AvgIpc) is 3.17. The van der Waals surface area contributed by atoms with Crippen molar-refractivity contribution in [3.8, 4) is 6.07 Å². The van der Waals surface area contributed by atoms with Gasteiger partial charge in [0.15, 0.2) is 0 Å². The second-order valence-corrected chi connectivity index (χ2v) is 6.78. The smallest absolute Gasteiger partial charge is 0.348 e. The number of esters is 2. The van der Waals surface area contributed by atoms with Gasteiger partial charge in [0.2, 0.25) is 0 Å². The van der Waals surface area contributed by atoms with E-state index < -0.39 is 11.9 Å². The van der Waals surface area contributed by atoms with Crippen LogP contribution in [0.5, 0.6) is 0 Å². The number of anilines is 1. The van der Waals surface area contributed by atoms with E-state index in [4.69, 9.17) is 15.2 Å². The van der Waals surface area contributed by atoms with Gasteiger partial charge in [-0.15, -0.1) is 11.3 Å². The summed E-state index contributed by atoms with van der Waals surface area (Å²) in [6.07, 6.45) is 1.69. The summed E-state index contributed by atoms with van der Waals surface area (Å²) in [7, 11) is 1.84. The van der Waals surface area contributed by atoms with E-state index in [9.17, 15) is 14.9 Å². The number of carbonyl (C=O) groups excluding carboxylic acids is 2. The van der Waals surface area contributed by atoms with Crippen LogP contribution in [-0.4, -0.2) is 23.1 Å². The Morgan fingerprint density at radius 3 is 2.70 bits per heavy atom. The number of hydrogen-bond donors (Lipinski definition) is 1. The van der Waals surface area contributed by atoms with Gasteiger partial charge >= 0.3 is 11.9 Å². The lowest BCUT2D eigenvalue weighted by Crippen LogP contribution is -2.10. The number of para-hydroxylation sites is 1. The van der Waals surface area contributed by atoms with Crippen LogP contribution in [0, 0.1) is 11.3 Å². The molecule has 0 amide bonds. The van der Waals surface area contributed by atoms with Crippen molar-refractivity contribution in [2.24, 2.45) is 7.05 Å². The molecule has 0 atom stereocenters. The molecule has 0 aliphatic rings. The Balaban J connectivity index is 1.89.